The quantitative estimate of drug-likeness (QED) is 0.380. The van der Waals surface area contributed by atoms with E-state index in [0.29, 0.717) is 11.2 Å². The summed E-state index contributed by atoms with van der Waals surface area (Å²) in [4.78, 5) is 0. The number of hydrogen-bond acceptors (Lipinski definition) is 3. The lowest BCUT2D eigenvalue weighted by atomic mass is 10.0. The Balaban J connectivity index is 1.64. The van der Waals surface area contributed by atoms with Crippen LogP contribution in [0.5, 0.6) is 0 Å². The van der Waals surface area contributed by atoms with E-state index in [1.807, 2.05) is 24.4 Å². The van der Waals surface area contributed by atoms with Crippen LogP contribution >= 0.6 is 12.2 Å². The van der Waals surface area contributed by atoms with Crippen molar-refractivity contribution in [2.75, 3.05) is 0 Å². The SMILES string of the molecule is C[C@@H](/C=N\n1c(Cc2cccc3ccccc23)n[nH]c1=S)c1ccccc1. The highest BCUT2D eigenvalue weighted by atomic mass is 32.1. The van der Waals surface area contributed by atoms with Crippen LogP contribution in [0.3, 0.4) is 0 Å². The van der Waals surface area contributed by atoms with Gasteiger partial charge in [-0.3, -0.25) is 5.10 Å². The molecule has 4 nitrogen and oxygen atoms in total. The van der Waals surface area contributed by atoms with Crippen molar-refractivity contribution in [2.45, 2.75) is 19.3 Å². The molecule has 5 heteroatoms. The van der Waals surface area contributed by atoms with Gasteiger partial charge in [-0.15, -0.1) is 0 Å². The Kier molecular flexibility index (Phi) is 4.94. The molecule has 0 radical (unpaired) electrons. The standard InChI is InChI=1S/C22H20N4S/c1-16(17-8-3-2-4-9-17)15-23-26-21(24-25-22(26)27)14-19-12-7-11-18-10-5-6-13-20(18)19/h2-13,15-16H,14H2,1H3,(H,25,27)/b23-15-/t16-/m0/s1. The first kappa shape index (κ1) is 17.4. The van der Waals surface area contributed by atoms with Crippen molar-refractivity contribution in [3.05, 3.63) is 94.5 Å². The lowest BCUT2D eigenvalue weighted by Gasteiger charge is -2.07. The lowest BCUT2D eigenvalue weighted by molar-refractivity contribution is 0.785. The van der Waals surface area contributed by atoms with Crippen LogP contribution in [0.1, 0.15) is 29.8 Å². The van der Waals surface area contributed by atoms with Gasteiger partial charge in [-0.25, -0.2) is 0 Å². The summed E-state index contributed by atoms with van der Waals surface area (Å²) in [7, 11) is 0. The number of benzene rings is 3. The smallest absolute Gasteiger partial charge is 0.216 e. The van der Waals surface area contributed by atoms with Gasteiger partial charge in [0.2, 0.25) is 4.77 Å². The third-order valence-electron chi connectivity index (χ3n) is 4.68. The Hall–Kier alpha value is -3.05. The molecule has 1 atom stereocenters. The normalized spacial score (nSPS) is 12.6. The summed E-state index contributed by atoms with van der Waals surface area (Å²) >= 11 is 5.38. The summed E-state index contributed by atoms with van der Waals surface area (Å²) in [6.07, 6.45) is 2.57. The summed E-state index contributed by atoms with van der Waals surface area (Å²) in [6, 6.07) is 25.0. The molecule has 0 aliphatic heterocycles. The number of fused-ring (bicyclic) bond motifs is 1. The number of rotatable bonds is 5. The molecule has 0 amide bonds. The Morgan fingerprint density at radius 1 is 1.04 bits per heavy atom. The molecule has 4 aromatic rings. The molecule has 0 bridgehead atoms. The summed E-state index contributed by atoms with van der Waals surface area (Å²) in [5, 5.41) is 14.3. The third kappa shape index (κ3) is 3.73. The zero-order valence-corrected chi connectivity index (χ0v) is 15.9. The van der Waals surface area contributed by atoms with E-state index >= 15 is 0 Å². The van der Waals surface area contributed by atoms with Crippen LogP contribution in [-0.4, -0.2) is 21.1 Å². The molecular weight excluding hydrogens is 352 g/mol. The monoisotopic (exact) mass is 372 g/mol. The second kappa shape index (κ2) is 7.68. The first-order valence-electron chi connectivity index (χ1n) is 8.95. The maximum Gasteiger partial charge on any atom is 0.216 e. The molecule has 1 aromatic heterocycles. The van der Waals surface area contributed by atoms with Crippen molar-refractivity contribution in [1.82, 2.24) is 14.9 Å². The van der Waals surface area contributed by atoms with Gasteiger partial charge in [-0.05, 0) is 34.1 Å². The van der Waals surface area contributed by atoms with E-state index in [1.165, 1.54) is 21.9 Å². The number of aromatic amines is 1. The second-order valence-corrected chi connectivity index (χ2v) is 6.92. The van der Waals surface area contributed by atoms with E-state index in [-0.39, 0.29) is 5.92 Å². The van der Waals surface area contributed by atoms with Crippen LogP contribution in [0.2, 0.25) is 0 Å². The maximum atomic E-state index is 5.38. The predicted octanol–water partition coefficient (Wildman–Crippen LogP) is 5.32. The van der Waals surface area contributed by atoms with Gasteiger partial charge in [0.05, 0.1) is 0 Å². The Labute approximate surface area is 163 Å². The fourth-order valence-corrected chi connectivity index (χ4v) is 3.38. The Bertz CT molecular complexity index is 1140. The minimum absolute atomic E-state index is 0.188. The zero-order valence-electron chi connectivity index (χ0n) is 15.0. The lowest BCUT2D eigenvalue weighted by Crippen LogP contribution is -2.03. The maximum absolute atomic E-state index is 5.38. The molecule has 3 aromatic carbocycles. The van der Waals surface area contributed by atoms with Gasteiger partial charge in [0, 0.05) is 18.6 Å². The zero-order chi connectivity index (χ0) is 18.6. The average molecular weight is 372 g/mol. The molecule has 0 aliphatic rings. The largest absolute Gasteiger partial charge is 0.250 e. The molecule has 134 valence electrons. The van der Waals surface area contributed by atoms with Crippen LogP contribution in [0, 0.1) is 4.77 Å². The van der Waals surface area contributed by atoms with E-state index in [4.69, 9.17) is 12.2 Å². The number of aromatic nitrogens is 3. The van der Waals surface area contributed by atoms with Gasteiger partial charge in [0.1, 0.15) is 0 Å². The molecule has 1 N–H and O–H groups in total. The van der Waals surface area contributed by atoms with Crippen LogP contribution < -0.4 is 0 Å². The summed E-state index contributed by atoms with van der Waals surface area (Å²) < 4.78 is 2.22. The third-order valence-corrected chi connectivity index (χ3v) is 4.94. The highest BCUT2D eigenvalue weighted by Gasteiger charge is 2.09. The molecule has 0 fully saturated rings. The molecule has 1 heterocycles. The van der Waals surface area contributed by atoms with Crippen molar-refractivity contribution < 1.29 is 0 Å². The molecule has 0 saturated carbocycles. The first-order valence-corrected chi connectivity index (χ1v) is 9.35. The topological polar surface area (TPSA) is 46.0 Å². The van der Waals surface area contributed by atoms with E-state index in [2.05, 4.69) is 76.8 Å². The molecule has 0 spiro atoms. The van der Waals surface area contributed by atoms with Crippen LogP contribution in [0.4, 0.5) is 0 Å². The fourth-order valence-electron chi connectivity index (χ4n) is 3.18. The van der Waals surface area contributed by atoms with Gasteiger partial charge in [-0.1, -0.05) is 79.7 Å². The molecule has 0 unspecified atom stereocenters. The van der Waals surface area contributed by atoms with Crippen molar-refractivity contribution in [3.8, 4) is 0 Å². The number of nitrogens with zero attached hydrogens (tertiary/aromatic N) is 3. The summed E-state index contributed by atoms with van der Waals surface area (Å²) in [6.45, 7) is 2.12. The molecule has 27 heavy (non-hydrogen) atoms. The van der Waals surface area contributed by atoms with Crippen molar-refractivity contribution >= 4 is 29.2 Å². The molecular formula is C22H20N4S. The summed E-state index contributed by atoms with van der Waals surface area (Å²) in [5.74, 6) is 0.987. The van der Waals surface area contributed by atoms with Gasteiger partial charge in [-0.2, -0.15) is 14.9 Å². The number of nitrogens with one attached hydrogen (secondary N) is 1. The second-order valence-electron chi connectivity index (χ2n) is 6.54. The highest BCUT2D eigenvalue weighted by Crippen LogP contribution is 2.21. The van der Waals surface area contributed by atoms with Crippen LogP contribution in [-0.2, 0) is 6.42 Å². The molecule has 4 rings (SSSR count). The van der Waals surface area contributed by atoms with E-state index < -0.39 is 0 Å². The molecule has 0 saturated heterocycles. The number of hydrogen-bond donors (Lipinski definition) is 1. The fraction of sp³-hybridized carbons (Fsp3) is 0.136. The van der Waals surface area contributed by atoms with Gasteiger partial charge < -0.3 is 0 Å². The minimum Gasteiger partial charge on any atom is -0.250 e. The van der Waals surface area contributed by atoms with E-state index in [1.54, 1.807) is 4.68 Å². The van der Waals surface area contributed by atoms with Crippen molar-refractivity contribution in [1.29, 1.82) is 0 Å². The van der Waals surface area contributed by atoms with Gasteiger partial charge in [0.25, 0.3) is 0 Å². The predicted molar refractivity (Wildman–Crippen MR) is 113 cm³/mol. The minimum atomic E-state index is 0.188. The van der Waals surface area contributed by atoms with Gasteiger partial charge >= 0.3 is 0 Å². The summed E-state index contributed by atoms with van der Waals surface area (Å²) in [5.41, 5.74) is 2.42. The van der Waals surface area contributed by atoms with Gasteiger partial charge in [0.15, 0.2) is 5.82 Å². The highest BCUT2D eigenvalue weighted by molar-refractivity contribution is 7.71. The van der Waals surface area contributed by atoms with E-state index in [9.17, 15) is 0 Å². The molecule has 0 aliphatic carbocycles. The van der Waals surface area contributed by atoms with Crippen molar-refractivity contribution in [3.63, 3.8) is 0 Å². The number of H-pyrrole nitrogens is 1. The van der Waals surface area contributed by atoms with E-state index in [0.717, 1.165) is 5.82 Å². The van der Waals surface area contributed by atoms with Crippen LogP contribution in [0.25, 0.3) is 10.8 Å². The average Bonchev–Trinajstić information content (AvgIpc) is 3.06. The Morgan fingerprint density at radius 3 is 2.63 bits per heavy atom. The Morgan fingerprint density at radius 2 is 1.78 bits per heavy atom. The van der Waals surface area contributed by atoms with Crippen LogP contribution in [0.15, 0.2) is 77.9 Å². The first-order chi connectivity index (χ1) is 13.2. The van der Waals surface area contributed by atoms with Crippen molar-refractivity contribution in [2.24, 2.45) is 5.10 Å².